The Morgan fingerprint density at radius 3 is 2.83 bits per heavy atom. The summed E-state index contributed by atoms with van der Waals surface area (Å²) >= 11 is 6.32. The number of halogens is 1. The number of para-hydroxylation sites is 2. The summed E-state index contributed by atoms with van der Waals surface area (Å²) in [5, 5.41) is 7.45. The Morgan fingerprint density at radius 2 is 2.13 bits per heavy atom. The molecule has 6 nitrogen and oxygen atoms in total. The Bertz CT molecular complexity index is 832. The first kappa shape index (κ1) is 15.6. The van der Waals surface area contributed by atoms with Crippen molar-refractivity contribution in [3.63, 3.8) is 0 Å². The van der Waals surface area contributed by atoms with Crippen LogP contribution in [0.15, 0.2) is 24.3 Å². The van der Waals surface area contributed by atoms with Gasteiger partial charge in [-0.2, -0.15) is 5.10 Å². The first-order valence-corrected chi connectivity index (χ1v) is 7.82. The smallest absolute Gasteiger partial charge is 0.263 e. The fraction of sp³-hybridized carbons (Fsp3) is 0.312. The van der Waals surface area contributed by atoms with E-state index in [4.69, 9.17) is 11.6 Å². The van der Waals surface area contributed by atoms with Gasteiger partial charge in [-0.25, -0.2) is 4.98 Å². The van der Waals surface area contributed by atoms with Gasteiger partial charge >= 0.3 is 0 Å². The molecule has 0 unspecified atom stereocenters. The number of aromatic amines is 1. The number of hydrogen-bond acceptors (Lipinski definition) is 3. The summed E-state index contributed by atoms with van der Waals surface area (Å²) < 4.78 is 1.66. The number of rotatable bonds is 4. The first-order chi connectivity index (χ1) is 11.0. The van der Waals surface area contributed by atoms with Crippen molar-refractivity contribution in [1.82, 2.24) is 19.7 Å². The number of H-pyrrole nitrogens is 1. The van der Waals surface area contributed by atoms with Crippen LogP contribution in [-0.2, 0) is 6.54 Å². The molecule has 23 heavy (non-hydrogen) atoms. The van der Waals surface area contributed by atoms with Crippen molar-refractivity contribution in [3.05, 3.63) is 40.7 Å². The van der Waals surface area contributed by atoms with E-state index >= 15 is 0 Å². The molecule has 3 aromatic rings. The lowest BCUT2D eigenvalue weighted by Gasteiger charge is -2.06. The SMILES string of the molecule is Cc1nn(CC(C)C)c(Cl)c1C(=O)Nc1nc2ccccc2[nH]1. The zero-order valence-electron chi connectivity index (χ0n) is 13.2. The van der Waals surface area contributed by atoms with Crippen molar-refractivity contribution < 1.29 is 4.79 Å². The normalized spacial score (nSPS) is 11.3. The Hall–Kier alpha value is -2.34. The van der Waals surface area contributed by atoms with Crippen LogP contribution >= 0.6 is 11.6 Å². The predicted molar refractivity (Wildman–Crippen MR) is 90.9 cm³/mol. The molecule has 3 rings (SSSR count). The number of imidazole rings is 1. The zero-order valence-corrected chi connectivity index (χ0v) is 14.0. The highest BCUT2D eigenvalue weighted by molar-refractivity contribution is 6.33. The van der Waals surface area contributed by atoms with Crippen LogP contribution in [0.3, 0.4) is 0 Å². The lowest BCUT2D eigenvalue weighted by Crippen LogP contribution is -2.14. The van der Waals surface area contributed by atoms with Gasteiger partial charge in [-0.1, -0.05) is 37.6 Å². The number of amides is 1. The fourth-order valence-electron chi connectivity index (χ4n) is 2.46. The third-order valence-corrected chi connectivity index (χ3v) is 3.84. The van der Waals surface area contributed by atoms with Crippen molar-refractivity contribution in [2.24, 2.45) is 5.92 Å². The summed E-state index contributed by atoms with van der Waals surface area (Å²) in [4.78, 5) is 19.9. The van der Waals surface area contributed by atoms with E-state index < -0.39 is 0 Å². The van der Waals surface area contributed by atoms with E-state index in [1.165, 1.54) is 0 Å². The van der Waals surface area contributed by atoms with Gasteiger partial charge in [0.25, 0.3) is 5.91 Å². The molecule has 0 aliphatic heterocycles. The van der Waals surface area contributed by atoms with Crippen LogP contribution < -0.4 is 5.32 Å². The third-order valence-electron chi connectivity index (χ3n) is 3.45. The lowest BCUT2D eigenvalue weighted by molar-refractivity contribution is 0.102. The Balaban J connectivity index is 1.87. The highest BCUT2D eigenvalue weighted by Crippen LogP contribution is 2.22. The van der Waals surface area contributed by atoms with E-state index in [1.807, 2.05) is 24.3 Å². The molecule has 0 aliphatic carbocycles. The van der Waals surface area contributed by atoms with Crippen LogP contribution in [0.1, 0.15) is 29.9 Å². The molecule has 0 aliphatic rings. The molecule has 0 radical (unpaired) electrons. The average Bonchev–Trinajstić information content (AvgIpc) is 2.99. The van der Waals surface area contributed by atoms with Gasteiger partial charge in [-0.3, -0.25) is 14.8 Å². The minimum atomic E-state index is -0.318. The van der Waals surface area contributed by atoms with Gasteiger partial charge < -0.3 is 4.98 Å². The minimum absolute atomic E-state index is 0.318. The summed E-state index contributed by atoms with van der Waals surface area (Å²) in [6, 6.07) is 7.58. The van der Waals surface area contributed by atoms with Crippen LogP contribution in [0, 0.1) is 12.8 Å². The predicted octanol–water partition coefficient (Wildman–Crippen LogP) is 3.63. The van der Waals surface area contributed by atoms with Crippen molar-refractivity contribution in [1.29, 1.82) is 0 Å². The molecule has 2 aromatic heterocycles. The average molecular weight is 332 g/mol. The van der Waals surface area contributed by atoms with E-state index in [1.54, 1.807) is 11.6 Å². The first-order valence-electron chi connectivity index (χ1n) is 7.44. The van der Waals surface area contributed by atoms with Gasteiger partial charge in [0.15, 0.2) is 0 Å². The van der Waals surface area contributed by atoms with Gasteiger partial charge in [0.1, 0.15) is 5.15 Å². The van der Waals surface area contributed by atoms with Crippen molar-refractivity contribution in [2.45, 2.75) is 27.3 Å². The molecule has 1 aromatic carbocycles. The molecule has 2 heterocycles. The summed E-state index contributed by atoms with van der Waals surface area (Å²) in [6.45, 7) is 6.58. The number of nitrogens with one attached hydrogen (secondary N) is 2. The molecule has 0 atom stereocenters. The molecule has 1 amide bonds. The van der Waals surface area contributed by atoms with Gasteiger partial charge in [-0.15, -0.1) is 0 Å². The van der Waals surface area contributed by atoms with Crippen LogP contribution in [0.25, 0.3) is 11.0 Å². The van der Waals surface area contributed by atoms with Crippen molar-refractivity contribution in [2.75, 3.05) is 5.32 Å². The maximum absolute atomic E-state index is 12.5. The molecule has 7 heteroatoms. The number of nitrogens with zero attached hydrogens (tertiary/aromatic N) is 3. The molecule has 0 bridgehead atoms. The van der Waals surface area contributed by atoms with E-state index in [-0.39, 0.29) is 5.91 Å². The van der Waals surface area contributed by atoms with E-state index in [0.717, 1.165) is 11.0 Å². The Morgan fingerprint density at radius 1 is 1.39 bits per heavy atom. The van der Waals surface area contributed by atoms with Gasteiger partial charge in [-0.05, 0) is 25.0 Å². The number of carbonyl (C=O) groups excluding carboxylic acids is 1. The second-order valence-electron chi connectivity index (χ2n) is 5.88. The van der Waals surface area contributed by atoms with Crippen LogP contribution in [-0.4, -0.2) is 25.7 Å². The quantitative estimate of drug-likeness (QED) is 0.766. The molecule has 120 valence electrons. The van der Waals surface area contributed by atoms with Gasteiger partial charge in [0.2, 0.25) is 5.95 Å². The third kappa shape index (κ3) is 3.07. The number of benzene rings is 1. The second-order valence-corrected chi connectivity index (χ2v) is 6.24. The van der Waals surface area contributed by atoms with Gasteiger partial charge in [0, 0.05) is 6.54 Å². The molecule has 2 N–H and O–H groups in total. The molecular weight excluding hydrogens is 314 g/mol. The highest BCUT2D eigenvalue weighted by Gasteiger charge is 2.21. The maximum Gasteiger partial charge on any atom is 0.263 e. The summed E-state index contributed by atoms with van der Waals surface area (Å²) in [5.74, 6) is 0.461. The zero-order chi connectivity index (χ0) is 16.6. The molecule has 0 saturated carbocycles. The Labute approximate surface area is 138 Å². The van der Waals surface area contributed by atoms with Crippen molar-refractivity contribution >= 4 is 34.5 Å². The van der Waals surface area contributed by atoms with E-state index in [2.05, 4.69) is 34.2 Å². The molecule has 0 fully saturated rings. The lowest BCUT2D eigenvalue weighted by atomic mass is 10.2. The molecule has 0 spiro atoms. The number of carbonyl (C=O) groups is 1. The standard InChI is InChI=1S/C16H18ClN5O/c1-9(2)8-22-14(17)13(10(3)21-22)15(23)20-16-18-11-6-4-5-7-12(11)19-16/h4-7,9H,8H2,1-3H3,(H2,18,19,20,23). The van der Waals surface area contributed by atoms with E-state index in [9.17, 15) is 4.79 Å². The van der Waals surface area contributed by atoms with Crippen molar-refractivity contribution in [3.8, 4) is 0 Å². The number of aromatic nitrogens is 4. The number of hydrogen-bond donors (Lipinski definition) is 2. The Kier molecular flexibility index (Phi) is 4.09. The largest absolute Gasteiger partial charge is 0.324 e. The maximum atomic E-state index is 12.5. The van der Waals surface area contributed by atoms with Crippen LogP contribution in [0.4, 0.5) is 5.95 Å². The van der Waals surface area contributed by atoms with Gasteiger partial charge in [0.05, 0.1) is 22.3 Å². The number of fused-ring (bicyclic) bond motifs is 1. The summed E-state index contributed by atoms with van der Waals surface area (Å²) in [5.41, 5.74) is 2.64. The van der Waals surface area contributed by atoms with Crippen LogP contribution in [0.5, 0.6) is 0 Å². The van der Waals surface area contributed by atoms with E-state index in [0.29, 0.717) is 34.8 Å². The molecular formula is C16H18ClN5O. The second kappa shape index (κ2) is 6.04. The number of anilines is 1. The van der Waals surface area contributed by atoms with Crippen LogP contribution in [0.2, 0.25) is 5.15 Å². The number of aryl methyl sites for hydroxylation is 1. The summed E-state index contributed by atoms with van der Waals surface area (Å²) in [6.07, 6.45) is 0. The monoisotopic (exact) mass is 331 g/mol. The minimum Gasteiger partial charge on any atom is -0.324 e. The molecule has 0 saturated heterocycles. The summed E-state index contributed by atoms with van der Waals surface area (Å²) in [7, 11) is 0. The topological polar surface area (TPSA) is 75.6 Å². The fourth-order valence-corrected chi connectivity index (χ4v) is 2.79. The highest BCUT2D eigenvalue weighted by atomic mass is 35.5.